The van der Waals surface area contributed by atoms with Crippen LogP contribution in [-0.2, 0) is 14.3 Å². The Bertz CT molecular complexity index is 591. The maximum absolute atomic E-state index is 12.2. The lowest BCUT2D eigenvalue weighted by molar-refractivity contribution is -0.156. The van der Waals surface area contributed by atoms with Crippen molar-refractivity contribution in [3.05, 3.63) is 17.2 Å². The van der Waals surface area contributed by atoms with Gasteiger partial charge in [0.1, 0.15) is 16.8 Å². The van der Waals surface area contributed by atoms with Gasteiger partial charge in [-0.1, -0.05) is 10.6 Å². The molecule has 1 aromatic rings. The van der Waals surface area contributed by atoms with Gasteiger partial charge in [0.05, 0.1) is 12.8 Å². The second kappa shape index (κ2) is 5.39. The molecule has 2 N–H and O–H groups in total. The number of carbonyl (C=O) groups is 2. The van der Waals surface area contributed by atoms with Crippen LogP contribution in [0.5, 0.6) is 0 Å². The number of rotatable bonds is 3. The number of nitrogens with zero attached hydrogens (tertiary/aromatic N) is 3. The van der Waals surface area contributed by atoms with E-state index in [9.17, 15) is 9.59 Å². The Balaban J connectivity index is 1.85. The zero-order valence-electron chi connectivity index (χ0n) is 11.3. The van der Waals surface area contributed by atoms with E-state index in [0.29, 0.717) is 11.4 Å². The summed E-state index contributed by atoms with van der Waals surface area (Å²) in [5.74, 6) is 0.0426. The number of β-lactam (4-membered cyclic amide) rings is 1. The number of esters is 1. The lowest BCUT2D eigenvalue weighted by Crippen LogP contribution is -2.71. The van der Waals surface area contributed by atoms with Crippen LogP contribution >= 0.6 is 23.3 Å². The van der Waals surface area contributed by atoms with Gasteiger partial charge in [-0.3, -0.25) is 9.59 Å². The van der Waals surface area contributed by atoms with E-state index in [-0.39, 0.29) is 23.8 Å². The number of carbonyl (C=O) groups excluding carboxylic acids is 2. The Labute approximate surface area is 129 Å². The van der Waals surface area contributed by atoms with Crippen molar-refractivity contribution >= 4 is 41.2 Å². The van der Waals surface area contributed by atoms with Crippen LogP contribution in [0.3, 0.4) is 0 Å². The maximum Gasteiger partial charge on any atom is 0.318 e. The molecule has 0 bridgehead atoms. The van der Waals surface area contributed by atoms with Crippen molar-refractivity contribution in [2.24, 2.45) is 11.1 Å². The van der Waals surface area contributed by atoms with E-state index in [2.05, 4.69) is 9.59 Å². The molecule has 2 unspecified atom stereocenters. The van der Waals surface area contributed by atoms with Gasteiger partial charge in [-0.25, -0.2) is 0 Å². The van der Waals surface area contributed by atoms with Crippen LogP contribution in [0.15, 0.2) is 11.5 Å². The first-order valence-electron chi connectivity index (χ1n) is 6.30. The van der Waals surface area contributed by atoms with Gasteiger partial charge in [-0.2, -0.15) is 0 Å². The van der Waals surface area contributed by atoms with Gasteiger partial charge in [-0.15, -0.1) is 16.9 Å². The van der Waals surface area contributed by atoms with Crippen LogP contribution in [0.4, 0.5) is 0 Å². The molecular formula is C12H14N4O3S2. The molecule has 7 nitrogen and oxygen atoms in total. The Kier molecular flexibility index (Phi) is 3.72. The standard InChI is InChI=1S/C12H14N4O3S2/c1-19-11(18)12(3-2-7-4-21-15-14-7)5-16-9(17)8(13)10(16)20-6-12/h2-4,8,10H,5-6,13H2,1H3/t8?,10-,12?/m1/s1. The van der Waals surface area contributed by atoms with Crippen molar-refractivity contribution in [3.8, 4) is 0 Å². The van der Waals surface area contributed by atoms with Crippen molar-refractivity contribution in [3.63, 3.8) is 0 Å². The van der Waals surface area contributed by atoms with Gasteiger partial charge >= 0.3 is 5.97 Å². The van der Waals surface area contributed by atoms with Crippen molar-refractivity contribution in [2.45, 2.75) is 11.4 Å². The highest BCUT2D eigenvalue weighted by molar-refractivity contribution is 8.00. The lowest BCUT2D eigenvalue weighted by atomic mass is 9.86. The van der Waals surface area contributed by atoms with Crippen molar-refractivity contribution < 1.29 is 14.3 Å². The Morgan fingerprint density at radius 3 is 3.14 bits per heavy atom. The molecule has 2 saturated heterocycles. The van der Waals surface area contributed by atoms with E-state index < -0.39 is 11.5 Å². The minimum absolute atomic E-state index is 0.0374. The van der Waals surface area contributed by atoms with Crippen LogP contribution in [-0.4, -0.2) is 57.2 Å². The molecule has 0 aliphatic carbocycles. The zero-order chi connectivity index (χ0) is 15.0. The van der Waals surface area contributed by atoms with Crippen LogP contribution < -0.4 is 5.73 Å². The smallest absolute Gasteiger partial charge is 0.318 e. The molecule has 112 valence electrons. The second-order valence-corrected chi connectivity index (χ2v) is 6.72. The molecule has 2 aliphatic rings. The molecule has 0 saturated carbocycles. The fourth-order valence-electron chi connectivity index (χ4n) is 2.48. The predicted molar refractivity (Wildman–Crippen MR) is 79.3 cm³/mol. The monoisotopic (exact) mass is 326 g/mol. The van der Waals surface area contributed by atoms with Crippen LogP contribution in [0.1, 0.15) is 5.69 Å². The quantitative estimate of drug-likeness (QED) is 0.614. The zero-order valence-corrected chi connectivity index (χ0v) is 12.9. The summed E-state index contributed by atoms with van der Waals surface area (Å²) < 4.78 is 8.70. The normalized spacial score (nSPS) is 31.9. The molecule has 2 fully saturated rings. The van der Waals surface area contributed by atoms with Crippen LogP contribution in [0.2, 0.25) is 0 Å². The third-order valence-corrected chi connectivity index (χ3v) is 5.78. The average Bonchev–Trinajstić information content (AvgIpc) is 3.04. The molecule has 21 heavy (non-hydrogen) atoms. The first kappa shape index (κ1) is 14.5. The van der Waals surface area contributed by atoms with Crippen LogP contribution in [0.25, 0.3) is 6.08 Å². The minimum Gasteiger partial charge on any atom is -0.468 e. The van der Waals surface area contributed by atoms with Gasteiger partial charge in [0.2, 0.25) is 5.91 Å². The molecule has 1 amide bonds. The van der Waals surface area contributed by atoms with E-state index in [0.717, 1.165) is 0 Å². The SMILES string of the molecule is COC(=O)C1(C=Cc2csnn2)CS[C@@H]2C(N)C(=O)N2C1. The summed E-state index contributed by atoms with van der Waals surface area (Å²) in [6.07, 6.45) is 3.50. The first-order chi connectivity index (χ1) is 10.1. The van der Waals surface area contributed by atoms with E-state index in [1.54, 1.807) is 22.4 Å². The number of hydrogen-bond donors (Lipinski definition) is 1. The number of thioether (sulfide) groups is 1. The van der Waals surface area contributed by atoms with Gasteiger partial charge in [0, 0.05) is 17.7 Å². The summed E-state index contributed by atoms with van der Waals surface area (Å²) in [5, 5.41) is 5.66. The van der Waals surface area contributed by atoms with Crippen molar-refractivity contribution in [1.29, 1.82) is 0 Å². The molecule has 3 heterocycles. The molecule has 2 aliphatic heterocycles. The van der Waals surface area contributed by atoms with Gasteiger partial charge in [0.15, 0.2) is 0 Å². The fraction of sp³-hybridized carbons (Fsp3) is 0.500. The molecule has 3 rings (SSSR count). The number of aromatic nitrogens is 2. The predicted octanol–water partition coefficient (Wildman–Crippen LogP) is -0.0469. The third-order valence-electron chi connectivity index (χ3n) is 3.69. The van der Waals surface area contributed by atoms with E-state index in [1.165, 1.54) is 30.4 Å². The van der Waals surface area contributed by atoms with Gasteiger partial charge in [-0.05, 0) is 17.6 Å². The van der Waals surface area contributed by atoms with Crippen LogP contribution in [0, 0.1) is 5.41 Å². The van der Waals surface area contributed by atoms with Crippen molar-refractivity contribution in [1.82, 2.24) is 14.5 Å². The number of amides is 1. The average molecular weight is 326 g/mol. The van der Waals surface area contributed by atoms with E-state index >= 15 is 0 Å². The highest BCUT2D eigenvalue weighted by Crippen LogP contribution is 2.42. The Hall–Kier alpha value is -1.45. The largest absolute Gasteiger partial charge is 0.468 e. The molecule has 0 aromatic carbocycles. The van der Waals surface area contributed by atoms with E-state index in [1.807, 2.05) is 0 Å². The van der Waals surface area contributed by atoms with E-state index in [4.69, 9.17) is 10.5 Å². The molecule has 0 spiro atoms. The highest BCUT2D eigenvalue weighted by atomic mass is 32.2. The number of methoxy groups -OCH3 is 1. The van der Waals surface area contributed by atoms with Gasteiger partial charge in [0.25, 0.3) is 0 Å². The highest BCUT2D eigenvalue weighted by Gasteiger charge is 2.55. The molecule has 9 heteroatoms. The lowest BCUT2D eigenvalue weighted by Gasteiger charge is -2.52. The first-order valence-corrected chi connectivity index (χ1v) is 8.18. The molecule has 3 atom stereocenters. The van der Waals surface area contributed by atoms with Gasteiger partial charge < -0.3 is 15.4 Å². The number of nitrogens with two attached hydrogens (primary N) is 1. The topological polar surface area (TPSA) is 98.4 Å². The number of hydrogen-bond acceptors (Lipinski definition) is 8. The molecular weight excluding hydrogens is 312 g/mol. The number of fused-ring (bicyclic) bond motifs is 1. The summed E-state index contributed by atoms with van der Waals surface area (Å²) in [6.45, 7) is 0.290. The third kappa shape index (κ3) is 2.34. The summed E-state index contributed by atoms with van der Waals surface area (Å²) in [4.78, 5) is 25.7. The number of ether oxygens (including phenoxy) is 1. The molecule has 1 aromatic heterocycles. The minimum atomic E-state index is -0.866. The summed E-state index contributed by atoms with van der Waals surface area (Å²) in [7, 11) is 1.35. The maximum atomic E-state index is 12.2. The summed E-state index contributed by atoms with van der Waals surface area (Å²) in [6, 6.07) is -0.461. The summed E-state index contributed by atoms with van der Waals surface area (Å²) in [5.41, 5.74) is 5.58. The Morgan fingerprint density at radius 2 is 2.48 bits per heavy atom. The molecule has 0 radical (unpaired) electrons. The van der Waals surface area contributed by atoms with Crippen molar-refractivity contribution in [2.75, 3.05) is 19.4 Å². The second-order valence-electron chi connectivity index (χ2n) is 5.00. The Morgan fingerprint density at radius 1 is 1.67 bits per heavy atom. The summed E-state index contributed by atoms with van der Waals surface area (Å²) >= 11 is 2.74. The fourth-order valence-corrected chi connectivity index (χ4v) is 4.36.